The minimum Gasteiger partial charge on any atom is -0.384 e. The number of halogens is 1. The number of nitrogens with zero attached hydrogens (tertiary/aromatic N) is 1. The van der Waals surface area contributed by atoms with E-state index >= 15 is 0 Å². The Labute approximate surface area is 110 Å². The van der Waals surface area contributed by atoms with Gasteiger partial charge in [0.15, 0.2) is 0 Å². The first-order valence-corrected chi connectivity index (χ1v) is 5.86. The Bertz CT molecular complexity index is 601. The van der Waals surface area contributed by atoms with Gasteiger partial charge in [0, 0.05) is 5.56 Å². The summed E-state index contributed by atoms with van der Waals surface area (Å²) in [5.74, 6) is -0.468. The van der Waals surface area contributed by atoms with Gasteiger partial charge in [0.2, 0.25) is 0 Å². The number of nitrogen functional groups attached to an aromatic ring is 1. The Kier molecular flexibility index (Phi) is 3.75. The zero-order valence-corrected chi connectivity index (χ0v) is 10.4. The molecule has 1 unspecified atom stereocenters. The third-order valence-electron chi connectivity index (χ3n) is 2.72. The summed E-state index contributed by atoms with van der Waals surface area (Å²) in [5, 5.41) is 2.68. The van der Waals surface area contributed by atoms with Crippen LogP contribution in [0.3, 0.4) is 0 Å². The molecule has 1 atom stereocenters. The van der Waals surface area contributed by atoms with E-state index in [4.69, 9.17) is 5.73 Å². The summed E-state index contributed by atoms with van der Waals surface area (Å²) in [4.78, 5) is 15.9. The predicted octanol–water partition coefficient (Wildman–Crippen LogP) is 2.29. The fraction of sp³-hybridized carbons (Fsp3) is 0.143. The molecule has 0 bridgehead atoms. The normalized spacial score (nSPS) is 11.9. The van der Waals surface area contributed by atoms with E-state index in [2.05, 4.69) is 10.3 Å². The number of carbonyl (C=O) groups is 1. The first-order chi connectivity index (χ1) is 9.08. The highest BCUT2D eigenvalue weighted by atomic mass is 19.1. The quantitative estimate of drug-likeness (QED) is 0.888. The smallest absolute Gasteiger partial charge is 0.270 e. The van der Waals surface area contributed by atoms with E-state index in [9.17, 15) is 9.18 Å². The maximum Gasteiger partial charge on any atom is 0.270 e. The summed E-state index contributed by atoms with van der Waals surface area (Å²) >= 11 is 0. The van der Waals surface area contributed by atoms with Gasteiger partial charge in [-0.15, -0.1) is 0 Å². The van der Waals surface area contributed by atoms with E-state index in [1.807, 2.05) is 0 Å². The monoisotopic (exact) mass is 259 g/mol. The van der Waals surface area contributed by atoms with Crippen LogP contribution in [0.2, 0.25) is 0 Å². The van der Waals surface area contributed by atoms with Gasteiger partial charge in [-0.05, 0) is 25.1 Å². The molecule has 0 saturated carbocycles. The van der Waals surface area contributed by atoms with E-state index in [1.54, 1.807) is 43.3 Å². The van der Waals surface area contributed by atoms with Crippen molar-refractivity contribution >= 4 is 11.7 Å². The number of hydrogen-bond acceptors (Lipinski definition) is 3. The van der Waals surface area contributed by atoms with E-state index in [-0.39, 0.29) is 23.2 Å². The molecule has 0 aliphatic rings. The molecule has 0 fully saturated rings. The van der Waals surface area contributed by atoms with Gasteiger partial charge < -0.3 is 11.1 Å². The van der Waals surface area contributed by atoms with Crippen molar-refractivity contribution < 1.29 is 9.18 Å². The number of hydrogen-bond donors (Lipinski definition) is 2. The largest absolute Gasteiger partial charge is 0.384 e. The summed E-state index contributed by atoms with van der Waals surface area (Å²) in [6, 6.07) is 10.7. The molecule has 0 saturated heterocycles. The molecule has 4 nitrogen and oxygen atoms in total. The molecule has 1 aromatic carbocycles. The number of pyridine rings is 1. The summed E-state index contributed by atoms with van der Waals surface area (Å²) in [7, 11) is 0. The first-order valence-electron chi connectivity index (χ1n) is 5.86. The van der Waals surface area contributed by atoms with Gasteiger partial charge in [0.25, 0.3) is 5.91 Å². The molecule has 1 heterocycles. The molecule has 0 aliphatic carbocycles. The van der Waals surface area contributed by atoms with Crippen molar-refractivity contribution in [2.45, 2.75) is 13.0 Å². The molecular weight excluding hydrogens is 245 g/mol. The van der Waals surface area contributed by atoms with Crippen LogP contribution in [-0.4, -0.2) is 10.9 Å². The topological polar surface area (TPSA) is 68.0 Å². The second kappa shape index (κ2) is 5.48. The lowest BCUT2D eigenvalue weighted by Gasteiger charge is -2.14. The fourth-order valence-corrected chi connectivity index (χ4v) is 1.75. The van der Waals surface area contributed by atoms with Crippen LogP contribution in [0.1, 0.15) is 29.0 Å². The van der Waals surface area contributed by atoms with Crippen molar-refractivity contribution in [3.05, 3.63) is 59.5 Å². The Morgan fingerprint density at radius 1 is 1.26 bits per heavy atom. The highest BCUT2D eigenvalue weighted by Crippen LogP contribution is 2.16. The van der Waals surface area contributed by atoms with Crippen LogP contribution in [0, 0.1) is 5.82 Å². The molecule has 0 aliphatic heterocycles. The second-order valence-electron chi connectivity index (χ2n) is 4.16. The molecule has 98 valence electrons. The average Bonchev–Trinajstić information content (AvgIpc) is 2.39. The molecular formula is C14H14FN3O. The minimum atomic E-state index is -0.447. The number of nitrogens with one attached hydrogen (secondary N) is 1. The van der Waals surface area contributed by atoms with E-state index in [0.29, 0.717) is 5.56 Å². The maximum atomic E-state index is 13.6. The van der Waals surface area contributed by atoms with Crippen molar-refractivity contribution in [3.8, 4) is 0 Å². The Balaban J connectivity index is 2.13. The van der Waals surface area contributed by atoms with Crippen LogP contribution in [-0.2, 0) is 0 Å². The van der Waals surface area contributed by atoms with Crippen molar-refractivity contribution in [3.63, 3.8) is 0 Å². The Morgan fingerprint density at radius 2 is 2.00 bits per heavy atom. The summed E-state index contributed by atoms with van der Waals surface area (Å²) < 4.78 is 13.6. The van der Waals surface area contributed by atoms with E-state index in [1.165, 1.54) is 6.07 Å². The number of rotatable bonds is 3. The minimum absolute atomic E-state index is 0.211. The molecule has 2 rings (SSSR count). The number of aromatic nitrogens is 1. The standard InChI is InChI=1S/C14H14FN3O/c1-9(10-5-2-3-6-11(10)15)17-14(19)12-7-4-8-13(16)18-12/h2-9H,1H3,(H2,16,18)(H,17,19). The van der Waals surface area contributed by atoms with Crippen LogP contribution in [0.25, 0.3) is 0 Å². The number of nitrogens with two attached hydrogens (primary N) is 1. The number of carbonyl (C=O) groups excluding carboxylic acids is 1. The summed E-state index contributed by atoms with van der Waals surface area (Å²) in [6.07, 6.45) is 0. The molecule has 5 heteroatoms. The lowest BCUT2D eigenvalue weighted by atomic mass is 10.1. The third-order valence-corrected chi connectivity index (χ3v) is 2.72. The summed E-state index contributed by atoms with van der Waals surface area (Å²) in [6.45, 7) is 1.71. The fourth-order valence-electron chi connectivity index (χ4n) is 1.75. The van der Waals surface area contributed by atoms with Gasteiger partial charge >= 0.3 is 0 Å². The lowest BCUT2D eigenvalue weighted by molar-refractivity contribution is 0.0934. The van der Waals surface area contributed by atoms with Gasteiger partial charge in [0.05, 0.1) is 6.04 Å². The summed E-state index contributed by atoms with van der Waals surface area (Å²) in [5.41, 5.74) is 6.15. The van der Waals surface area contributed by atoms with Crippen LogP contribution < -0.4 is 11.1 Å². The van der Waals surface area contributed by atoms with Crippen molar-refractivity contribution in [2.24, 2.45) is 0 Å². The van der Waals surface area contributed by atoms with Crippen LogP contribution in [0.15, 0.2) is 42.5 Å². The van der Waals surface area contributed by atoms with Crippen molar-refractivity contribution in [1.82, 2.24) is 10.3 Å². The zero-order chi connectivity index (χ0) is 13.8. The van der Waals surface area contributed by atoms with Gasteiger partial charge in [-0.25, -0.2) is 9.37 Å². The van der Waals surface area contributed by atoms with Crippen molar-refractivity contribution in [1.29, 1.82) is 0 Å². The van der Waals surface area contributed by atoms with Gasteiger partial charge in [-0.1, -0.05) is 24.3 Å². The number of amides is 1. The zero-order valence-electron chi connectivity index (χ0n) is 10.4. The van der Waals surface area contributed by atoms with Crippen molar-refractivity contribution in [2.75, 3.05) is 5.73 Å². The molecule has 1 amide bonds. The Morgan fingerprint density at radius 3 is 2.68 bits per heavy atom. The molecule has 19 heavy (non-hydrogen) atoms. The first kappa shape index (κ1) is 13.0. The molecule has 1 aromatic heterocycles. The lowest BCUT2D eigenvalue weighted by Crippen LogP contribution is -2.28. The van der Waals surface area contributed by atoms with Crippen LogP contribution in [0.4, 0.5) is 10.2 Å². The highest BCUT2D eigenvalue weighted by molar-refractivity contribution is 5.92. The molecule has 0 radical (unpaired) electrons. The van der Waals surface area contributed by atoms with E-state index in [0.717, 1.165) is 0 Å². The van der Waals surface area contributed by atoms with Gasteiger partial charge in [-0.2, -0.15) is 0 Å². The van der Waals surface area contributed by atoms with Crippen LogP contribution >= 0.6 is 0 Å². The molecule has 3 N–H and O–H groups in total. The maximum absolute atomic E-state index is 13.6. The van der Waals surface area contributed by atoms with Gasteiger partial charge in [-0.3, -0.25) is 4.79 Å². The SMILES string of the molecule is CC(NC(=O)c1cccc(N)n1)c1ccccc1F. The molecule has 2 aromatic rings. The second-order valence-corrected chi connectivity index (χ2v) is 4.16. The third kappa shape index (κ3) is 3.07. The molecule has 0 spiro atoms. The highest BCUT2D eigenvalue weighted by Gasteiger charge is 2.15. The number of benzene rings is 1. The number of anilines is 1. The Hall–Kier alpha value is -2.43. The predicted molar refractivity (Wildman–Crippen MR) is 70.9 cm³/mol. The average molecular weight is 259 g/mol. The van der Waals surface area contributed by atoms with E-state index < -0.39 is 6.04 Å². The van der Waals surface area contributed by atoms with Crippen LogP contribution in [0.5, 0.6) is 0 Å². The van der Waals surface area contributed by atoms with Gasteiger partial charge in [0.1, 0.15) is 17.3 Å².